The molecule has 0 unspecified atom stereocenters. The zero-order valence-corrected chi connectivity index (χ0v) is 21.4. The molecule has 192 valence electrons. The zero-order valence-electron chi connectivity index (χ0n) is 20.5. The van der Waals surface area contributed by atoms with Crippen LogP contribution in [0.5, 0.6) is 0 Å². The van der Waals surface area contributed by atoms with E-state index >= 15 is 0 Å². The van der Waals surface area contributed by atoms with Crippen LogP contribution >= 0.6 is 0 Å². The van der Waals surface area contributed by atoms with Crippen LogP contribution in [0.1, 0.15) is 32.8 Å². The molecule has 0 heterocycles. The number of carbonyl (C=O) groups is 2. The molecule has 0 aliphatic rings. The molecule has 0 aliphatic heterocycles. The SMILES string of the molecule is CC[C@H](C)NC(=O)[C@@H](C)N(Cc1ccc(F)cc1)C(=O)CN(c1ccccc1F)S(=O)(=O)N(C)C. The minimum atomic E-state index is -4.26. The van der Waals surface area contributed by atoms with E-state index in [0.29, 0.717) is 16.3 Å². The predicted molar refractivity (Wildman–Crippen MR) is 131 cm³/mol. The van der Waals surface area contributed by atoms with Crippen LogP contribution in [0.4, 0.5) is 14.5 Å². The van der Waals surface area contributed by atoms with Gasteiger partial charge in [0.05, 0.1) is 5.69 Å². The lowest BCUT2D eigenvalue weighted by Crippen LogP contribution is -2.53. The number of hydrogen-bond acceptors (Lipinski definition) is 4. The zero-order chi connectivity index (χ0) is 26.3. The molecular formula is C24H32F2N4O4S. The molecule has 0 radical (unpaired) electrons. The third-order valence-electron chi connectivity index (χ3n) is 5.57. The lowest BCUT2D eigenvalue weighted by molar-refractivity contribution is -0.139. The second kappa shape index (κ2) is 12.1. The third kappa shape index (κ3) is 7.22. The number of carbonyl (C=O) groups excluding carboxylic acids is 2. The Morgan fingerprint density at radius 1 is 1.00 bits per heavy atom. The molecule has 2 atom stereocenters. The fraction of sp³-hybridized carbons (Fsp3) is 0.417. The van der Waals surface area contributed by atoms with Gasteiger partial charge in [-0.25, -0.2) is 13.1 Å². The molecule has 0 aliphatic carbocycles. The molecule has 0 fully saturated rings. The van der Waals surface area contributed by atoms with Crippen molar-refractivity contribution < 1.29 is 26.8 Å². The van der Waals surface area contributed by atoms with Gasteiger partial charge in [0.15, 0.2) is 0 Å². The predicted octanol–water partition coefficient (Wildman–Crippen LogP) is 2.91. The van der Waals surface area contributed by atoms with E-state index in [4.69, 9.17) is 0 Å². The Morgan fingerprint density at radius 2 is 1.60 bits per heavy atom. The summed E-state index contributed by atoms with van der Waals surface area (Å²) in [4.78, 5) is 27.6. The Hall–Kier alpha value is -3.05. The number of anilines is 1. The van der Waals surface area contributed by atoms with E-state index in [9.17, 15) is 26.8 Å². The summed E-state index contributed by atoms with van der Waals surface area (Å²) in [5.74, 6) is -2.44. The van der Waals surface area contributed by atoms with Crippen molar-refractivity contribution in [3.8, 4) is 0 Å². The smallest absolute Gasteiger partial charge is 0.304 e. The first-order valence-electron chi connectivity index (χ1n) is 11.2. The molecule has 2 aromatic rings. The largest absolute Gasteiger partial charge is 0.352 e. The van der Waals surface area contributed by atoms with Gasteiger partial charge in [0.25, 0.3) is 0 Å². The first-order valence-corrected chi connectivity index (χ1v) is 12.6. The molecule has 8 nitrogen and oxygen atoms in total. The van der Waals surface area contributed by atoms with E-state index in [1.165, 1.54) is 68.4 Å². The molecule has 2 rings (SSSR count). The van der Waals surface area contributed by atoms with E-state index in [2.05, 4.69) is 5.32 Å². The average molecular weight is 511 g/mol. The van der Waals surface area contributed by atoms with Crippen LogP contribution in [0, 0.1) is 11.6 Å². The summed E-state index contributed by atoms with van der Waals surface area (Å²) in [6.07, 6.45) is 0.673. The van der Waals surface area contributed by atoms with Gasteiger partial charge in [-0.3, -0.25) is 9.59 Å². The van der Waals surface area contributed by atoms with Crippen molar-refractivity contribution >= 4 is 27.7 Å². The monoisotopic (exact) mass is 510 g/mol. The van der Waals surface area contributed by atoms with Crippen molar-refractivity contribution in [3.63, 3.8) is 0 Å². The van der Waals surface area contributed by atoms with E-state index in [1.807, 2.05) is 13.8 Å². The second-order valence-electron chi connectivity index (χ2n) is 8.39. The summed E-state index contributed by atoms with van der Waals surface area (Å²) in [6.45, 7) is 4.41. The van der Waals surface area contributed by atoms with Gasteiger partial charge in [-0.2, -0.15) is 12.7 Å². The van der Waals surface area contributed by atoms with Crippen LogP contribution in [-0.2, 0) is 26.3 Å². The lowest BCUT2D eigenvalue weighted by atomic mass is 10.1. The molecule has 0 bridgehead atoms. The summed E-state index contributed by atoms with van der Waals surface area (Å²) in [5.41, 5.74) is 0.240. The number of benzene rings is 2. The van der Waals surface area contributed by atoms with Gasteiger partial charge in [0.1, 0.15) is 24.2 Å². The molecule has 2 amide bonds. The number of amides is 2. The maximum Gasteiger partial charge on any atom is 0.304 e. The molecule has 1 N–H and O–H groups in total. The molecule has 0 spiro atoms. The van der Waals surface area contributed by atoms with Gasteiger partial charge in [0.2, 0.25) is 11.8 Å². The molecule has 2 aromatic carbocycles. The van der Waals surface area contributed by atoms with Gasteiger partial charge in [-0.15, -0.1) is 0 Å². The fourth-order valence-electron chi connectivity index (χ4n) is 3.19. The average Bonchev–Trinajstić information content (AvgIpc) is 2.81. The first kappa shape index (κ1) is 28.2. The summed E-state index contributed by atoms with van der Waals surface area (Å²) >= 11 is 0. The Labute approximate surface area is 205 Å². The summed E-state index contributed by atoms with van der Waals surface area (Å²) in [6, 6.07) is 9.49. The van der Waals surface area contributed by atoms with Crippen molar-refractivity contribution in [3.05, 3.63) is 65.7 Å². The number of nitrogens with zero attached hydrogens (tertiary/aromatic N) is 3. The quantitative estimate of drug-likeness (QED) is 0.503. The summed E-state index contributed by atoms with van der Waals surface area (Å²) < 4.78 is 55.6. The number of halogens is 2. The fourth-order valence-corrected chi connectivity index (χ4v) is 4.25. The van der Waals surface area contributed by atoms with Crippen molar-refractivity contribution in [2.24, 2.45) is 0 Å². The topological polar surface area (TPSA) is 90.0 Å². The third-order valence-corrected chi connectivity index (χ3v) is 7.38. The molecule has 35 heavy (non-hydrogen) atoms. The highest BCUT2D eigenvalue weighted by Gasteiger charge is 2.33. The number of hydrogen-bond donors (Lipinski definition) is 1. The van der Waals surface area contributed by atoms with Gasteiger partial charge < -0.3 is 10.2 Å². The number of rotatable bonds is 11. The van der Waals surface area contributed by atoms with E-state index in [0.717, 1.165) is 10.4 Å². The van der Waals surface area contributed by atoms with Gasteiger partial charge in [-0.1, -0.05) is 31.2 Å². The van der Waals surface area contributed by atoms with Crippen LogP contribution < -0.4 is 9.62 Å². The number of nitrogens with one attached hydrogen (secondary N) is 1. The van der Waals surface area contributed by atoms with Crippen molar-refractivity contribution in [1.29, 1.82) is 0 Å². The van der Waals surface area contributed by atoms with E-state index in [1.54, 1.807) is 0 Å². The van der Waals surface area contributed by atoms with E-state index < -0.39 is 46.2 Å². The Balaban J connectivity index is 2.46. The highest BCUT2D eigenvalue weighted by molar-refractivity contribution is 7.90. The molecule has 11 heteroatoms. The van der Waals surface area contributed by atoms with Gasteiger partial charge in [0, 0.05) is 26.7 Å². The Bertz CT molecular complexity index is 1130. The van der Waals surface area contributed by atoms with Crippen molar-refractivity contribution in [2.75, 3.05) is 24.9 Å². The lowest BCUT2D eigenvalue weighted by Gasteiger charge is -2.33. The second-order valence-corrected chi connectivity index (χ2v) is 10.5. The minimum absolute atomic E-state index is 0.0820. The van der Waals surface area contributed by atoms with Gasteiger partial charge >= 0.3 is 10.2 Å². The highest BCUT2D eigenvalue weighted by atomic mass is 32.2. The molecular weight excluding hydrogens is 478 g/mol. The standard InChI is InChI=1S/C24H32F2N4O4S/c1-6-17(2)27-24(32)18(3)29(15-19-11-13-20(25)14-12-19)23(31)16-30(35(33,34)28(4)5)22-10-8-7-9-21(22)26/h7-14,17-18H,6,15-16H2,1-5H3,(H,27,32)/t17-,18+/m0/s1. The highest BCUT2D eigenvalue weighted by Crippen LogP contribution is 2.24. The molecule has 0 aromatic heterocycles. The van der Waals surface area contributed by atoms with Crippen LogP contribution in [0.2, 0.25) is 0 Å². The van der Waals surface area contributed by atoms with Crippen LogP contribution in [0.3, 0.4) is 0 Å². The molecule has 0 saturated carbocycles. The van der Waals surface area contributed by atoms with Crippen molar-refractivity contribution in [1.82, 2.24) is 14.5 Å². The molecule has 0 saturated heterocycles. The van der Waals surface area contributed by atoms with Crippen molar-refractivity contribution in [2.45, 2.75) is 45.8 Å². The van der Waals surface area contributed by atoms with Crippen LogP contribution in [-0.4, -0.2) is 62.2 Å². The maximum atomic E-state index is 14.6. The van der Waals surface area contributed by atoms with Crippen LogP contribution in [0.15, 0.2) is 48.5 Å². The Morgan fingerprint density at radius 3 is 2.14 bits per heavy atom. The minimum Gasteiger partial charge on any atom is -0.352 e. The van der Waals surface area contributed by atoms with Gasteiger partial charge in [-0.05, 0) is 50.1 Å². The normalized spacial score (nSPS) is 13.3. The summed E-state index contributed by atoms with van der Waals surface area (Å²) in [7, 11) is -1.72. The van der Waals surface area contributed by atoms with Crippen LogP contribution in [0.25, 0.3) is 0 Å². The number of para-hydroxylation sites is 1. The Kier molecular flexibility index (Phi) is 9.73. The maximum absolute atomic E-state index is 14.6. The first-order chi connectivity index (χ1) is 16.4. The summed E-state index contributed by atoms with van der Waals surface area (Å²) in [5, 5.41) is 2.81. The van der Waals surface area contributed by atoms with E-state index in [-0.39, 0.29) is 18.3 Å².